The van der Waals surface area contributed by atoms with E-state index in [1.165, 1.54) is 0 Å². The third-order valence-electron chi connectivity index (χ3n) is 2.35. The zero-order chi connectivity index (χ0) is 15.2. The molecule has 0 heterocycles. The largest absolute Gasteiger partial charge is 0.497 e. The third kappa shape index (κ3) is 6.22. The number of ether oxygens (including phenoxy) is 2. The second-order valence-corrected chi connectivity index (χ2v) is 5.36. The van der Waals surface area contributed by atoms with Crippen LogP contribution in [0.4, 0.5) is 5.69 Å². The lowest BCUT2D eigenvalue weighted by Crippen LogP contribution is -2.24. The number of carbonyl (C=O) groups is 2. The van der Waals surface area contributed by atoms with Gasteiger partial charge in [0.05, 0.1) is 13.5 Å². The topological polar surface area (TPSA) is 64.6 Å². The van der Waals surface area contributed by atoms with Crippen molar-refractivity contribution in [1.29, 1.82) is 0 Å². The highest BCUT2D eigenvalue weighted by atomic mass is 16.6. The average Bonchev–Trinajstić information content (AvgIpc) is 2.35. The Hall–Kier alpha value is -2.04. The Labute approximate surface area is 119 Å². The lowest BCUT2D eigenvalue weighted by molar-refractivity contribution is -0.155. The van der Waals surface area contributed by atoms with Crippen LogP contribution in [-0.2, 0) is 14.3 Å². The van der Waals surface area contributed by atoms with Crippen molar-refractivity contribution in [3.05, 3.63) is 24.3 Å². The van der Waals surface area contributed by atoms with Crippen molar-refractivity contribution < 1.29 is 19.1 Å². The number of nitrogens with one attached hydrogen (secondary N) is 1. The van der Waals surface area contributed by atoms with Crippen LogP contribution in [0.3, 0.4) is 0 Å². The summed E-state index contributed by atoms with van der Waals surface area (Å²) in [7, 11) is 1.58. The molecule has 0 unspecified atom stereocenters. The van der Waals surface area contributed by atoms with Gasteiger partial charge >= 0.3 is 5.97 Å². The van der Waals surface area contributed by atoms with Crippen LogP contribution >= 0.6 is 0 Å². The molecule has 1 rings (SSSR count). The van der Waals surface area contributed by atoms with Crippen LogP contribution in [0.1, 0.15) is 33.6 Å². The fraction of sp³-hybridized carbons (Fsp3) is 0.467. The van der Waals surface area contributed by atoms with Gasteiger partial charge in [0.25, 0.3) is 0 Å². The Kier molecular flexibility index (Phi) is 5.55. The van der Waals surface area contributed by atoms with Gasteiger partial charge in [0, 0.05) is 12.1 Å². The number of hydrogen-bond acceptors (Lipinski definition) is 4. The van der Waals surface area contributed by atoms with Gasteiger partial charge in [-0.2, -0.15) is 0 Å². The Bertz CT molecular complexity index is 460. The first-order chi connectivity index (χ1) is 9.30. The van der Waals surface area contributed by atoms with Gasteiger partial charge in [0.1, 0.15) is 11.4 Å². The van der Waals surface area contributed by atoms with Crippen LogP contribution in [0.15, 0.2) is 24.3 Å². The molecular weight excluding hydrogens is 258 g/mol. The Morgan fingerprint density at radius 1 is 1.10 bits per heavy atom. The second kappa shape index (κ2) is 6.93. The molecule has 0 spiro atoms. The van der Waals surface area contributed by atoms with Gasteiger partial charge < -0.3 is 14.8 Å². The summed E-state index contributed by atoms with van der Waals surface area (Å²) in [6, 6.07) is 6.99. The predicted molar refractivity (Wildman–Crippen MR) is 76.7 cm³/mol. The quantitative estimate of drug-likeness (QED) is 0.842. The first-order valence-corrected chi connectivity index (χ1v) is 6.46. The zero-order valence-corrected chi connectivity index (χ0v) is 12.4. The maximum atomic E-state index is 11.7. The van der Waals surface area contributed by atoms with E-state index < -0.39 is 5.60 Å². The predicted octanol–water partition coefficient (Wildman–Crippen LogP) is 2.76. The molecule has 1 N–H and O–H groups in total. The van der Waals surface area contributed by atoms with E-state index in [0.717, 1.165) is 5.75 Å². The van der Waals surface area contributed by atoms with Crippen molar-refractivity contribution >= 4 is 17.6 Å². The van der Waals surface area contributed by atoms with Crippen LogP contribution in [-0.4, -0.2) is 24.6 Å². The Balaban J connectivity index is 2.38. The molecule has 0 bridgehead atoms. The van der Waals surface area contributed by atoms with Crippen molar-refractivity contribution in [1.82, 2.24) is 0 Å². The van der Waals surface area contributed by atoms with Crippen molar-refractivity contribution in [2.75, 3.05) is 12.4 Å². The molecule has 0 aliphatic carbocycles. The van der Waals surface area contributed by atoms with Crippen LogP contribution < -0.4 is 10.1 Å². The van der Waals surface area contributed by atoms with Crippen LogP contribution in [0, 0.1) is 0 Å². The van der Waals surface area contributed by atoms with Crippen molar-refractivity contribution in [3.63, 3.8) is 0 Å². The van der Waals surface area contributed by atoms with Crippen LogP contribution in [0.25, 0.3) is 0 Å². The fourth-order valence-electron chi connectivity index (χ4n) is 1.51. The molecular formula is C15H21NO4. The number of rotatable bonds is 5. The Morgan fingerprint density at radius 3 is 2.20 bits per heavy atom. The lowest BCUT2D eigenvalue weighted by Gasteiger charge is -2.19. The summed E-state index contributed by atoms with van der Waals surface area (Å²) < 4.78 is 10.2. The molecule has 0 saturated heterocycles. The number of methoxy groups -OCH3 is 1. The maximum absolute atomic E-state index is 11.7. The molecule has 0 aliphatic rings. The summed E-state index contributed by atoms with van der Waals surface area (Å²) in [5, 5.41) is 2.71. The monoisotopic (exact) mass is 279 g/mol. The zero-order valence-electron chi connectivity index (χ0n) is 12.4. The number of anilines is 1. The summed E-state index contributed by atoms with van der Waals surface area (Å²) in [4.78, 5) is 23.2. The maximum Gasteiger partial charge on any atom is 0.306 e. The molecule has 1 aromatic carbocycles. The van der Waals surface area contributed by atoms with Crippen LogP contribution in [0.2, 0.25) is 0 Å². The van der Waals surface area contributed by atoms with E-state index in [1.54, 1.807) is 52.1 Å². The summed E-state index contributed by atoms with van der Waals surface area (Å²) in [6.45, 7) is 5.38. The van der Waals surface area contributed by atoms with Gasteiger partial charge in [-0.25, -0.2) is 0 Å². The molecule has 0 fully saturated rings. The minimum absolute atomic E-state index is 0.0687. The van der Waals surface area contributed by atoms with Gasteiger partial charge in [0.15, 0.2) is 0 Å². The molecule has 5 nitrogen and oxygen atoms in total. The van der Waals surface area contributed by atoms with Gasteiger partial charge in [0.2, 0.25) is 5.91 Å². The molecule has 1 aromatic rings. The number of esters is 1. The minimum atomic E-state index is -0.524. The number of carbonyl (C=O) groups excluding carboxylic acids is 2. The third-order valence-corrected chi connectivity index (χ3v) is 2.35. The van der Waals surface area contributed by atoms with E-state index in [0.29, 0.717) is 5.69 Å². The van der Waals surface area contributed by atoms with Crippen LogP contribution in [0.5, 0.6) is 5.75 Å². The summed E-state index contributed by atoms with van der Waals surface area (Å²) in [5.41, 5.74) is 0.142. The van der Waals surface area contributed by atoms with E-state index in [9.17, 15) is 9.59 Å². The van der Waals surface area contributed by atoms with E-state index >= 15 is 0 Å². The van der Waals surface area contributed by atoms with Gasteiger partial charge in [-0.15, -0.1) is 0 Å². The SMILES string of the molecule is COc1ccc(NC(=O)CCC(=O)OC(C)(C)C)cc1. The smallest absolute Gasteiger partial charge is 0.306 e. The van der Waals surface area contributed by atoms with Crippen molar-refractivity contribution in [2.24, 2.45) is 0 Å². The van der Waals surface area contributed by atoms with E-state index in [2.05, 4.69) is 5.32 Å². The average molecular weight is 279 g/mol. The van der Waals surface area contributed by atoms with Gasteiger partial charge in [-0.3, -0.25) is 9.59 Å². The standard InChI is InChI=1S/C15H21NO4/c1-15(2,3)20-14(18)10-9-13(17)16-11-5-7-12(19-4)8-6-11/h5-8H,9-10H2,1-4H3,(H,16,17). The molecule has 0 aliphatic heterocycles. The molecule has 0 aromatic heterocycles. The summed E-state index contributed by atoms with van der Waals surface area (Å²) in [6.07, 6.45) is 0.167. The minimum Gasteiger partial charge on any atom is -0.497 e. The molecule has 0 saturated carbocycles. The molecule has 110 valence electrons. The number of benzene rings is 1. The Morgan fingerprint density at radius 2 is 1.70 bits per heavy atom. The van der Waals surface area contributed by atoms with E-state index in [4.69, 9.17) is 9.47 Å². The molecule has 0 atom stereocenters. The number of hydrogen-bond donors (Lipinski definition) is 1. The summed E-state index contributed by atoms with van der Waals surface area (Å²) >= 11 is 0. The highest BCUT2D eigenvalue weighted by Crippen LogP contribution is 2.15. The van der Waals surface area contributed by atoms with Gasteiger partial charge in [-0.1, -0.05) is 0 Å². The number of amides is 1. The van der Waals surface area contributed by atoms with E-state index in [-0.39, 0.29) is 24.7 Å². The summed E-state index contributed by atoms with van der Waals surface area (Å²) in [5.74, 6) is 0.125. The first-order valence-electron chi connectivity index (χ1n) is 6.46. The molecule has 0 radical (unpaired) electrons. The van der Waals surface area contributed by atoms with Gasteiger partial charge in [-0.05, 0) is 45.0 Å². The fourth-order valence-corrected chi connectivity index (χ4v) is 1.51. The van der Waals surface area contributed by atoms with Crippen molar-refractivity contribution in [3.8, 4) is 5.75 Å². The molecule has 5 heteroatoms. The molecule has 1 amide bonds. The van der Waals surface area contributed by atoms with E-state index in [1.807, 2.05) is 0 Å². The first kappa shape index (κ1) is 16.0. The highest BCUT2D eigenvalue weighted by Gasteiger charge is 2.17. The van der Waals surface area contributed by atoms with Crippen molar-refractivity contribution in [2.45, 2.75) is 39.2 Å². The second-order valence-electron chi connectivity index (χ2n) is 5.36. The molecule has 20 heavy (non-hydrogen) atoms. The normalized spacial score (nSPS) is 10.8. The highest BCUT2D eigenvalue weighted by molar-refractivity contribution is 5.92. The lowest BCUT2D eigenvalue weighted by atomic mass is 10.2.